The quantitative estimate of drug-likeness (QED) is 0.757. The van der Waals surface area contributed by atoms with Gasteiger partial charge in [0.1, 0.15) is 11.6 Å². The molecule has 0 aliphatic carbocycles. The number of likely N-dealkylation sites (N-methyl/N-ethyl adjacent to an activating group) is 1. The Bertz CT molecular complexity index is 962. The molecule has 1 aliphatic rings. The van der Waals surface area contributed by atoms with Crippen LogP contribution in [0, 0.1) is 0 Å². The normalized spacial score (nSPS) is 13.4. The topological polar surface area (TPSA) is 87.3 Å². The number of fused-ring (bicyclic) bond motifs is 2. The maximum absolute atomic E-state index is 12.3. The maximum Gasteiger partial charge on any atom is 0.264 e. The fourth-order valence-corrected chi connectivity index (χ4v) is 2.93. The maximum atomic E-state index is 12.3. The highest BCUT2D eigenvalue weighted by Gasteiger charge is 2.22. The summed E-state index contributed by atoms with van der Waals surface area (Å²) in [4.78, 5) is 33.2. The predicted molar refractivity (Wildman–Crippen MR) is 98.4 cm³/mol. The Hall–Kier alpha value is -3.35. The number of aromatic amines is 1. The number of carbonyl (C=O) groups excluding carboxylic acids is 2. The molecule has 0 radical (unpaired) electrons. The molecule has 3 aromatic rings. The zero-order valence-corrected chi connectivity index (χ0v) is 14.3. The van der Waals surface area contributed by atoms with E-state index < -0.39 is 0 Å². The van der Waals surface area contributed by atoms with Crippen molar-refractivity contribution in [1.29, 1.82) is 0 Å². The van der Waals surface area contributed by atoms with Gasteiger partial charge >= 0.3 is 0 Å². The lowest BCUT2D eigenvalue weighted by Gasteiger charge is -2.26. The lowest BCUT2D eigenvalue weighted by molar-refractivity contribution is -0.121. The van der Waals surface area contributed by atoms with Crippen molar-refractivity contribution in [3.05, 3.63) is 48.3 Å². The van der Waals surface area contributed by atoms with Crippen LogP contribution in [-0.2, 0) is 16.0 Å². The molecule has 0 spiro atoms. The number of H-pyrrole nitrogens is 1. The van der Waals surface area contributed by atoms with Crippen molar-refractivity contribution in [3.8, 4) is 5.75 Å². The number of hydrogen-bond donors (Lipinski definition) is 2. The molecule has 0 bridgehead atoms. The van der Waals surface area contributed by atoms with Crippen LogP contribution in [0.3, 0.4) is 0 Å². The lowest BCUT2D eigenvalue weighted by atomic mass is 10.2. The van der Waals surface area contributed by atoms with E-state index in [2.05, 4.69) is 15.3 Å². The molecule has 2 heterocycles. The van der Waals surface area contributed by atoms with Crippen molar-refractivity contribution >= 4 is 34.2 Å². The number of carbonyl (C=O) groups is 2. The van der Waals surface area contributed by atoms with E-state index in [1.165, 1.54) is 4.90 Å². The van der Waals surface area contributed by atoms with E-state index in [1.54, 1.807) is 25.2 Å². The SMILES string of the molecule is CN1C(=O)COc2ccc(NC(=O)CCc3nc4ccccc4[nH]3)cc21. The number of anilines is 2. The van der Waals surface area contributed by atoms with Crippen molar-refractivity contribution in [2.75, 3.05) is 23.9 Å². The van der Waals surface area contributed by atoms with Gasteiger partial charge in [0.25, 0.3) is 5.91 Å². The van der Waals surface area contributed by atoms with Crippen LogP contribution in [0.4, 0.5) is 11.4 Å². The Kier molecular flexibility index (Phi) is 4.04. The summed E-state index contributed by atoms with van der Waals surface area (Å²) >= 11 is 0. The molecule has 0 unspecified atom stereocenters. The van der Waals surface area contributed by atoms with E-state index in [0.29, 0.717) is 30.0 Å². The van der Waals surface area contributed by atoms with Crippen LogP contribution in [0.1, 0.15) is 12.2 Å². The van der Waals surface area contributed by atoms with Crippen molar-refractivity contribution in [2.45, 2.75) is 12.8 Å². The number of amides is 2. The van der Waals surface area contributed by atoms with Crippen molar-refractivity contribution in [1.82, 2.24) is 9.97 Å². The number of imidazole rings is 1. The largest absolute Gasteiger partial charge is 0.482 e. The first kappa shape index (κ1) is 16.1. The van der Waals surface area contributed by atoms with Gasteiger partial charge in [-0.2, -0.15) is 0 Å². The van der Waals surface area contributed by atoms with E-state index in [1.807, 2.05) is 24.3 Å². The van der Waals surface area contributed by atoms with Gasteiger partial charge in [-0.15, -0.1) is 0 Å². The molecule has 7 heteroatoms. The third-order valence-corrected chi connectivity index (χ3v) is 4.36. The first-order chi connectivity index (χ1) is 12.6. The first-order valence-corrected chi connectivity index (χ1v) is 8.37. The smallest absolute Gasteiger partial charge is 0.264 e. The minimum Gasteiger partial charge on any atom is -0.482 e. The van der Waals surface area contributed by atoms with Crippen LogP contribution in [0.5, 0.6) is 5.75 Å². The van der Waals surface area contributed by atoms with Crippen molar-refractivity contribution in [2.24, 2.45) is 0 Å². The molecular weight excluding hydrogens is 332 g/mol. The average Bonchev–Trinajstić information content (AvgIpc) is 3.06. The highest BCUT2D eigenvalue weighted by molar-refractivity contribution is 5.99. The summed E-state index contributed by atoms with van der Waals surface area (Å²) in [5, 5.41) is 2.86. The molecule has 0 saturated carbocycles. The lowest BCUT2D eigenvalue weighted by Crippen LogP contribution is -2.35. The molecule has 0 saturated heterocycles. The Balaban J connectivity index is 1.41. The zero-order chi connectivity index (χ0) is 18.1. The summed E-state index contributed by atoms with van der Waals surface area (Å²) in [6, 6.07) is 13.0. The summed E-state index contributed by atoms with van der Waals surface area (Å²) in [6.45, 7) is 0.0344. The number of nitrogens with one attached hydrogen (secondary N) is 2. The fraction of sp³-hybridized carbons (Fsp3) is 0.211. The third-order valence-electron chi connectivity index (χ3n) is 4.36. The number of rotatable bonds is 4. The van der Waals surface area contributed by atoms with Gasteiger partial charge in [0.05, 0.1) is 16.7 Å². The fourth-order valence-electron chi connectivity index (χ4n) is 2.93. The summed E-state index contributed by atoms with van der Waals surface area (Å²) in [5.41, 5.74) is 3.13. The number of ether oxygens (including phenoxy) is 1. The molecule has 132 valence electrons. The number of benzene rings is 2. The average molecular weight is 350 g/mol. The van der Waals surface area contributed by atoms with E-state index in [4.69, 9.17) is 4.74 Å². The first-order valence-electron chi connectivity index (χ1n) is 8.37. The minimum absolute atomic E-state index is 0.0344. The monoisotopic (exact) mass is 350 g/mol. The van der Waals surface area contributed by atoms with E-state index >= 15 is 0 Å². The molecule has 0 fully saturated rings. The molecule has 2 amide bonds. The number of aryl methyl sites for hydroxylation is 1. The van der Waals surface area contributed by atoms with Gasteiger partial charge in [-0.05, 0) is 30.3 Å². The van der Waals surface area contributed by atoms with Gasteiger partial charge in [0.15, 0.2) is 6.61 Å². The van der Waals surface area contributed by atoms with Gasteiger partial charge in [-0.3, -0.25) is 9.59 Å². The number of hydrogen-bond acceptors (Lipinski definition) is 4. The third kappa shape index (κ3) is 3.11. The molecule has 7 nitrogen and oxygen atoms in total. The summed E-state index contributed by atoms with van der Waals surface area (Å²) in [5.74, 6) is 1.18. The summed E-state index contributed by atoms with van der Waals surface area (Å²) in [6.07, 6.45) is 0.829. The second-order valence-electron chi connectivity index (χ2n) is 6.17. The molecule has 4 rings (SSSR count). The van der Waals surface area contributed by atoms with Crippen molar-refractivity contribution in [3.63, 3.8) is 0 Å². The Labute approximate surface area is 150 Å². The van der Waals surface area contributed by atoms with E-state index in [0.717, 1.165) is 16.9 Å². The summed E-state index contributed by atoms with van der Waals surface area (Å²) < 4.78 is 5.38. The van der Waals surface area contributed by atoms with Gasteiger partial charge < -0.3 is 19.9 Å². The van der Waals surface area contributed by atoms with Crippen molar-refractivity contribution < 1.29 is 14.3 Å². The molecular formula is C19H18N4O3. The van der Waals surface area contributed by atoms with Crippen LogP contribution < -0.4 is 15.0 Å². The molecule has 1 aromatic heterocycles. The Morgan fingerprint density at radius 1 is 1.31 bits per heavy atom. The van der Waals surface area contributed by atoms with E-state index in [9.17, 15) is 9.59 Å². The zero-order valence-electron chi connectivity index (χ0n) is 14.3. The molecule has 26 heavy (non-hydrogen) atoms. The number of para-hydroxylation sites is 2. The molecule has 2 N–H and O–H groups in total. The van der Waals surface area contributed by atoms with Crippen LogP contribution in [0.15, 0.2) is 42.5 Å². The van der Waals surface area contributed by atoms with Gasteiger partial charge in [0.2, 0.25) is 5.91 Å². The van der Waals surface area contributed by atoms with Crippen LogP contribution in [0.2, 0.25) is 0 Å². The van der Waals surface area contributed by atoms with Crippen LogP contribution in [-0.4, -0.2) is 35.4 Å². The number of aromatic nitrogens is 2. The second-order valence-corrected chi connectivity index (χ2v) is 6.17. The summed E-state index contributed by atoms with van der Waals surface area (Å²) in [7, 11) is 1.69. The van der Waals surface area contributed by atoms with E-state index in [-0.39, 0.29) is 18.4 Å². The van der Waals surface area contributed by atoms with Crippen LogP contribution in [0.25, 0.3) is 11.0 Å². The predicted octanol–water partition coefficient (Wildman–Crippen LogP) is 2.49. The Morgan fingerprint density at radius 3 is 3.00 bits per heavy atom. The minimum atomic E-state index is -0.120. The molecule has 1 aliphatic heterocycles. The second kappa shape index (κ2) is 6.51. The molecule has 2 aromatic carbocycles. The highest BCUT2D eigenvalue weighted by Crippen LogP contribution is 2.33. The van der Waals surface area contributed by atoms with Crippen LogP contribution >= 0.6 is 0 Å². The Morgan fingerprint density at radius 2 is 2.15 bits per heavy atom. The standard InChI is InChI=1S/C19H18N4O3/c1-23-15-10-12(6-7-16(15)26-11-19(23)25)20-18(24)9-8-17-21-13-4-2-3-5-14(13)22-17/h2-7,10H,8-9,11H2,1H3,(H,20,24)(H,21,22). The van der Waals surface area contributed by atoms with Gasteiger partial charge in [0, 0.05) is 25.6 Å². The van der Waals surface area contributed by atoms with Gasteiger partial charge in [-0.25, -0.2) is 4.98 Å². The highest BCUT2D eigenvalue weighted by atomic mass is 16.5. The van der Waals surface area contributed by atoms with Gasteiger partial charge in [-0.1, -0.05) is 12.1 Å². The number of nitrogens with zero attached hydrogens (tertiary/aromatic N) is 2. The molecule has 0 atom stereocenters.